The molecule has 1 atom stereocenters. The zero-order valence-electron chi connectivity index (χ0n) is 18.4. The van der Waals surface area contributed by atoms with Crippen molar-refractivity contribution in [3.05, 3.63) is 53.6 Å². The number of aliphatic carboxylic acids is 1. The molecule has 0 heterocycles. The second-order valence-corrected chi connectivity index (χ2v) is 10.6. The molecule has 0 radical (unpaired) electrons. The maximum atomic E-state index is 12.8. The van der Waals surface area contributed by atoms with E-state index in [4.69, 9.17) is 16.3 Å². The van der Waals surface area contributed by atoms with Crippen molar-refractivity contribution in [2.45, 2.75) is 35.2 Å². The highest BCUT2D eigenvalue weighted by atomic mass is 35.5. The van der Waals surface area contributed by atoms with Crippen molar-refractivity contribution >= 4 is 39.2 Å². The molecule has 2 rings (SSSR count). The van der Waals surface area contributed by atoms with Gasteiger partial charge in [-0.05, 0) is 81.1 Å². The lowest BCUT2D eigenvalue weighted by atomic mass is 10.1. The minimum Gasteiger partial charge on any atom is -0.481 e. The van der Waals surface area contributed by atoms with Gasteiger partial charge in [0, 0.05) is 9.92 Å². The van der Waals surface area contributed by atoms with E-state index in [2.05, 4.69) is 22.5 Å². The molecule has 2 aromatic rings. The van der Waals surface area contributed by atoms with E-state index in [1.807, 2.05) is 12.1 Å². The Hall–Kier alpha value is -2.22. The zero-order chi connectivity index (χ0) is 24.3. The fraction of sp³-hybridized carbons (Fsp3) is 0.348. The van der Waals surface area contributed by atoms with Gasteiger partial charge in [0.2, 0.25) is 0 Å². The summed E-state index contributed by atoms with van der Waals surface area (Å²) in [5.41, 5.74) is -1.57. The number of carboxylic acids is 1. The molecule has 0 aromatic heterocycles. The molecule has 0 aliphatic heterocycles. The Morgan fingerprint density at radius 3 is 2.42 bits per heavy atom. The Kier molecular flexibility index (Phi) is 10.5. The summed E-state index contributed by atoms with van der Waals surface area (Å²) in [5, 5.41) is 15.9. The number of rotatable bonds is 13. The number of halogens is 1. The van der Waals surface area contributed by atoms with Gasteiger partial charge in [-0.3, -0.25) is 10.6 Å². The predicted molar refractivity (Wildman–Crippen MR) is 131 cm³/mol. The molecule has 0 bridgehead atoms. The monoisotopic (exact) mass is 510 g/mol. The van der Waals surface area contributed by atoms with E-state index in [0.29, 0.717) is 22.9 Å². The summed E-state index contributed by atoms with van der Waals surface area (Å²) in [6.45, 7) is 1.91. The molecule has 0 unspecified atom stereocenters. The van der Waals surface area contributed by atoms with Gasteiger partial charge in [-0.1, -0.05) is 17.5 Å². The summed E-state index contributed by atoms with van der Waals surface area (Å²) in [4.78, 5) is 13.1. The summed E-state index contributed by atoms with van der Waals surface area (Å²) >= 11 is 7.46. The van der Waals surface area contributed by atoms with Gasteiger partial charge in [0.05, 0.1) is 4.90 Å². The first-order valence-electron chi connectivity index (χ1n) is 10.1. The summed E-state index contributed by atoms with van der Waals surface area (Å²) in [7, 11) is -2.28. The summed E-state index contributed by atoms with van der Waals surface area (Å²) in [6.07, 6.45) is 0.736. The summed E-state index contributed by atoms with van der Waals surface area (Å²) in [5.74, 6) is 4.92. The quantitative estimate of drug-likeness (QED) is 0.162. The van der Waals surface area contributed by atoms with E-state index in [-0.39, 0.29) is 17.9 Å². The van der Waals surface area contributed by atoms with Gasteiger partial charge in [0.15, 0.2) is 15.5 Å². The standard InChI is InChI=1S/C23H27ClN2O5S2/c1-3-4-15-31-19-8-12-21(13-9-19)33(29,30)17-26-23(25-2,22(27)28)14-5-16-32-20-10-6-18(24)7-11-20/h6-13,25-26H,5,14-17H2,1-2H3,(H,27,28)/t23-/m1/s1. The fourth-order valence-corrected chi connectivity index (χ4v) is 5.02. The molecule has 33 heavy (non-hydrogen) atoms. The Balaban J connectivity index is 1.97. The van der Waals surface area contributed by atoms with Gasteiger partial charge in [-0.15, -0.1) is 17.7 Å². The van der Waals surface area contributed by atoms with Crippen LogP contribution in [0.1, 0.15) is 19.8 Å². The first-order valence-corrected chi connectivity index (χ1v) is 13.1. The number of thioether (sulfide) groups is 1. The third kappa shape index (κ3) is 8.25. The molecule has 0 fully saturated rings. The van der Waals surface area contributed by atoms with E-state index in [0.717, 1.165) is 4.90 Å². The van der Waals surface area contributed by atoms with E-state index >= 15 is 0 Å². The maximum Gasteiger partial charge on any atom is 0.338 e. The van der Waals surface area contributed by atoms with Crippen LogP contribution >= 0.6 is 23.4 Å². The summed E-state index contributed by atoms with van der Waals surface area (Å²) in [6, 6.07) is 13.3. The van der Waals surface area contributed by atoms with Crippen LogP contribution in [0.5, 0.6) is 5.75 Å². The molecular formula is C23H27ClN2O5S2. The Bertz CT molecular complexity index is 1080. The molecule has 0 spiro atoms. The molecule has 0 saturated carbocycles. The number of nitrogens with one attached hydrogen (secondary N) is 2. The molecule has 0 amide bonds. The third-order valence-electron chi connectivity index (χ3n) is 4.80. The number of hydrogen-bond acceptors (Lipinski definition) is 7. The smallest absolute Gasteiger partial charge is 0.338 e. The SMILES string of the molecule is CC#CCOc1ccc(S(=O)(=O)CN[C@@](CCCSc2ccc(Cl)cc2)(NC)C(=O)O)cc1. The molecule has 178 valence electrons. The second kappa shape index (κ2) is 12.9. The fourth-order valence-electron chi connectivity index (χ4n) is 2.89. The van der Waals surface area contributed by atoms with Crippen molar-refractivity contribution in [3.63, 3.8) is 0 Å². The maximum absolute atomic E-state index is 12.8. The minimum atomic E-state index is -3.77. The van der Waals surface area contributed by atoms with Crippen molar-refractivity contribution in [1.82, 2.24) is 10.6 Å². The summed E-state index contributed by atoms with van der Waals surface area (Å²) < 4.78 is 30.9. The highest BCUT2D eigenvalue weighted by Gasteiger charge is 2.37. The molecule has 3 N–H and O–H groups in total. The molecule has 0 aliphatic rings. The van der Waals surface area contributed by atoms with Crippen LogP contribution in [0.25, 0.3) is 0 Å². The van der Waals surface area contributed by atoms with Gasteiger partial charge in [-0.2, -0.15) is 0 Å². The second-order valence-electron chi connectivity index (χ2n) is 6.99. The zero-order valence-corrected chi connectivity index (χ0v) is 20.8. The van der Waals surface area contributed by atoms with Crippen LogP contribution in [0.3, 0.4) is 0 Å². The van der Waals surface area contributed by atoms with Crippen LogP contribution in [-0.2, 0) is 14.6 Å². The average molecular weight is 511 g/mol. The Morgan fingerprint density at radius 2 is 1.85 bits per heavy atom. The number of carboxylic acid groups (broad SMARTS) is 1. The molecule has 0 aliphatic carbocycles. The number of sulfone groups is 1. The number of likely N-dealkylation sites (N-methyl/N-ethyl adjacent to an activating group) is 1. The van der Waals surface area contributed by atoms with Crippen molar-refractivity contribution < 1.29 is 23.1 Å². The van der Waals surface area contributed by atoms with Crippen LogP contribution < -0.4 is 15.4 Å². The highest BCUT2D eigenvalue weighted by molar-refractivity contribution is 7.99. The Morgan fingerprint density at radius 1 is 1.18 bits per heavy atom. The van der Waals surface area contributed by atoms with Crippen LogP contribution in [0.15, 0.2) is 58.3 Å². The molecule has 7 nitrogen and oxygen atoms in total. The van der Waals surface area contributed by atoms with Crippen LogP contribution in [0, 0.1) is 11.8 Å². The molecule has 10 heteroatoms. The van der Waals surface area contributed by atoms with Crippen molar-refractivity contribution in [2.24, 2.45) is 0 Å². The van der Waals surface area contributed by atoms with E-state index in [1.165, 1.54) is 19.2 Å². The number of benzene rings is 2. The number of ether oxygens (including phenoxy) is 1. The van der Waals surface area contributed by atoms with Crippen LogP contribution in [-0.4, -0.2) is 50.4 Å². The third-order valence-corrected chi connectivity index (χ3v) is 7.67. The van der Waals surface area contributed by atoms with E-state index < -0.39 is 27.3 Å². The van der Waals surface area contributed by atoms with Gasteiger partial charge in [-0.25, -0.2) is 13.2 Å². The van der Waals surface area contributed by atoms with Crippen molar-refractivity contribution in [2.75, 3.05) is 25.3 Å². The van der Waals surface area contributed by atoms with Crippen LogP contribution in [0.2, 0.25) is 5.02 Å². The van der Waals surface area contributed by atoms with Gasteiger partial charge in [0.25, 0.3) is 0 Å². The lowest BCUT2D eigenvalue weighted by molar-refractivity contribution is -0.146. The van der Waals surface area contributed by atoms with Gasteiger partial charge in [0.1, 0.15) is 18.2 Å². The topological polar surface area (TPSA) is 105 Å². The lowest BCUT2D eigenvalue weighted by Gasteiger charge is -2.30. The van der Waals surface area contributed by atoms with Crippen molar-refractivity contribution in [3.8, 4) is 17.6 Å². The Labute approximate surface area is 204 Å². The largest absolute Gasteiger partial charge is 0.481 e. The normalized spacial score (nSPS) is 12.9. The number of carbonyl (C=O) groups is 1. The molecule has 0 saturated heterocycles. The minimum absolute atomic E-state index is 0.0672. The van der Waals surface area contributed by atoms with E-state index in [9.17, 15) is 18.3 Å². The highest BCUT2D eigenvalue weighted by Crippen LogP contribution is 2.23. The molecule has 2 aromatic carbocycles. The predicted octanol–water partition coefficient (Wildman–Crippen LogP) is 3.64. The number of hydrogen-bond donors (Lipinski definition) is 3. The first kappa shape index (κ1) is 27.0. The van der Waals surface area contributed by atoms with Gasteiger partial charge >= 0.3 is 5.97 Å². The van der Waals surface area contributed by atoms with E-state index in [1.54, 1.807) is 43.0 Å². The average Bonchev–Trinajstić information content (AvgIpc) is 2.80. The van der Waals surface area contributed by atoms with Crippen molar-refractivity contribution in [1.29, 1.82) is 0 Å². The molecular weight excluding hydrogens is 484 g/mol. The van der Waals surface area contributed by atoms with Crippen LogP contribution in [0.4, 0.5) is 0 Å². The lowest BCUT2D eigenvalue weighted by Crippen LogP contribution is -2.62. The van der Waals surface area contributed by atoms with Gasteiger partial charge < -0.3 is 9.84 Å². The first-order chi connectivity index (χ1) is 15.7.